The van der Waals surface area contributed by atoms with E-state index < -0.39 is 29.4 Å². The van der Waals surface area contributed by atoms with Gasteiger partial charge in [-0.25, -0.2) is 9.18 Å². The van der Waals surface area contributed by atoms with Gasteiger partial charge in [-0.1, -0.05) is 48.5 Å². The average molecular weight is 408 g/mol. The monoisotopic (exact) mass is 408 g/mol. The first-order valence-corrected chi connectivity index (χ1v) is 9.57. The molecule has 1 aliphatic rings. The highest BCUT2D eigenvalue weighted by Crippen LogP contribution is 2.29. The second kappa shape index (κ2) is 7.76. The van der Waals surface area contributed by atoms with Gasteiger partial charge >= 0.3 is 6.03 Å². The number of aliphatic hydroxyl groups excluding tert-OH is 1. The SMILES string of the molecule is CC1(c2ccc(F)cc2)NC(=O)N(CC(O)COc2cccc3ccccc23)C1=O. The van der Waals surface area contributed by atoms with Crippen molar-refractivity contribution in [2.75, 3.05) is 13.2 Å². The van der Waals surface area contributed by atoms with Crippen LogP contribution < -0.4 is 10.1 Å². The molecule has 4 rings (SSSR count). The van der Waals surface area contributed by atoms with Crippen LogP contribution in [-0.2, 0) is 10.3 Å². The number of imide groups is 1. The van der Waals surface area contributed by atoms with Gasteiger partial charge in [0, 0.05) is 5.39 Å². The zero-order chi connectivity index (χ0) is 21.3. The molecule has 1 fully saturated rings. The summed E-state index contributed by atoms with van der Waals surface area (Å²) in [5, 5.41) is 15.0. The number of hydrogen-bond donors (Lipinski definition) is 2. The third-order valence-electron chi connectivity index (χ3n) is 5.27. The molecule has 6 nitrogen and oxygen atoms in total. The molecule has 7 heteroatoms. The Balaban J connectivity index is 1.44. The number of amides is 3. The van der Waals surface area contributed by atoms with Gasteiger partial charge in [-0.05, 0) is 36.1 Å². The van der Waals surface area contributed by atoms with Crippen molar-refractivity contribution in [2.24, 2.45) is 0 Å². The van der Waals surface area contributed by atoms with E-state index in [0.717, 1.165) is 15.7 Å². The lowest BCUT2D eigenvalue weighted by Gasteiger charge is -2.23. The summed E-state index contributed by atoms with van der Waals surface area (Å²) in [6.07, 6.45) is -1.07. The van der Waals surface area contributed by atoms with Gasteiger partial charge in [-0.15, -0.1) is 0 Å². The summed E-state index contributed by atoms with van der Waals surface area (Å²) >= 11 is 0. The van der Waals surface area contributed by atoms with Crippen LogP contribution in [0, 0.1) is 5.82 Å². The number of carbonyl (C=O) groups excluding carboxylic acids is 2. The Morgan fingerprint density at radius 3 is 2.53 bits per heavy atom. The molecule has 2 atom stereocenters. The van der Waals surface area contributed by atoms with Crippen molar-refractivity contribution >= 4 is 22.7 Å². The molecule has 0 aromatic heterocycles. The second-order valence-electron chi connectivity index (χ2n) is 7.42. The largest absolute Gasteiger partial charge is 0.490 e. The molecule has 3 aromatic rings. The number of carbonyl (C=O) groups is 2. The number of fused-ring (bicyclic) bond motifs is 1. The molecule has 1 saturated heterocycles. The lowest BCUT2D eigenvalue weighted by molar-refractivity contribution is -0.132. The first kappa shape index (κ1) is 19.8. The molecule has 0 saturated carbocycles. The standard InChI is InChI=1S/C23H21FN2O4/c1-23(16-9-11-17(24)12-10-16)21(28)26(22(29)25-23)13-18(27)14-30-20-8-4-6-15-5-2-3-7-19(15)20/h2-12,18,27H,13-14H2,1H3,(H,25,29). The van der Waals surface area contributed by atoms with E-state index in [2.05, 4.69) is 5.32 Å². The predicted octanol–water partition coefficient (Wildman–Crippen LogP) is 3.19. The van der Waals surface area contributed by atoms with Crippen molar-refractivity contribution in [3.05, 3.63) is 78.1 Å². The zero-order valence-electron chi connectivity index (χ0n) is 16.3. The number of aliphatic hydroxyl groups is 1. The zero-order valence-corrected chi connectivity index (χ0v) is 16.3. The fourth-order valence-electron chi connectivity index (χ4n) is 3.61. The summed E-state index contributed by atoms with van der Waals surface area (Å²) in [6.45, 7) is 1.25. The predicted molar refractivity (Wildman–Crippen MR) is 109 cm³/mol. The van der Waals surface area contributed by atoms with Crippen LogP contribution in [0.15, 0.2) is 66.7 Å². The maximum Gasteiger partial charge on any atom is 0.325 e. The lowest BCUT2D eigenvalue weighted by Crippen LogP contribution is -2.42. The van der Waals surface area contributed by atoms with Crippen molar-refractivity contribution in [1.29, 1.82) is 0 Å². The molecule has 3 amide bonds. The summed E-state index contributed by atoms with van der Waals surface area (Å²) < 4.78 is 19.0. The first-order chi connectivity index (χ1) is 14.4. The van der Waals surface area contributed by atoms with Gasteiger partial charge in [0.05, 0.1) is 6.54 Å². The van der Waals surface area contributed by atoms with Crippen molar-refractivity contribution in [3.63, 3.8) is 0 Å². The van der Waals surface area contributed by atoms with E-state index in [1.807, 2.05) is 36.4 Å². The fourth-order valence-corrected chi connectivity index (χ4v) is 3.61. The topological polar surface area (TPSA) is 78.9 Å². The molecule has 154 valence electrons. The Morgan fingerprint density at radius 1 is 1.07 bits per heavy atom. The second-order valence-corrected chi connectivity index (χ2v) is 7.42. The Kier molecular flexibility index (Phi) is 5.13. The van der Waals surface area contributed by atoms with Gasteiger partial charge in [0.2, 0.25) is 0 Å². The van der Waals surface area contributed by atoms with Crippen LogP contribution in [0.25, 0.3) is 10.8 Å². The molecule has 0 radical (unpaired) electrons. The van der Waals surface area contributed by atoms with E-state index in [9.17, 15) is 19.1 Å². The molecule has 1 heterocycles. The third-order valence-corrected chi connectivity index (χ3v) is 5.27. The maximum atomic E-state index is 13.2. The van der Waals surface area contributed by atoms with Crippen LogP contribution in [0.4, 0.5) is 9.18 Å². The van der Waals surface area contributed by atoms with Crippen LogP contribution in [0.2, 0.25) is 0 Å². The van der Waals surface area contributed by atoms with Crippen LogP contribution in [0.5, 0.6) is 5.75 Å². The molecule has 0 aliphatic carbocycles. The van der Waals surface area contributed by atoms with Crippen molar-refractivity contribution in [1.82, 2.24) is 10.2 Å². The Morgan fingerprint density at radius 2 is 1.77 bits per heavy atom. The van der Waals surface area contributed by atoms with E-state index in [-0.39, 0.29) is 13.2 Å². The van der Waals surface area contributed by atoms with Crippen molar-refractivity contribution < 1.29 is 23.8 Å². The van der Waals surface area contributed by atoms with E-state index in [1.54, 1.807) is 13.0 Å². The van der Waals surface area contributed by atoms with Gasteiger partial charge in [0.15, 0.2) is 0 Å². The molecule has 30 heavy (non-hydrogen) atoms. The first-order valence-electron chi connectivity index (χ1n) is 9.57. The van der Waals surface area contributed by atoms with Crippen LogP contribution in [0.3, 0.4) is 0 Å². The number of ether oxygens (including phenoxy) is 1. The number of β-amino-alcohol motifs (C(OH)–C–C–N with tert-alkyl or cyclic N) is 1. The van der Waals surface area contributed by atoms with Crippen LogP contribution in [0.1, 0.15) is 12.5 Å². The summed E-state index contributed by atoms with van der Waals surface area (Å²) in [6, 6.07) is 18.1. The summed E-state index contributed by atoms with van der Waals surface area (Å²) in [5.74, 6) is -0.333. The van der Waals surface area contributed by atoms with Crippen molar-refractivity contribution in [2.45, 2.75) is 18.6 Å². The molecule has 2 unspecified atom stereocenters. The minimum Gasteiger partial charge on any atom is -0.490 e. The number of benzene rings is 3. The fraction of sp³-hybridized carbons (Fsp3) is 0.217. The van der Waals surface area contributed by atoms with Crippen LogP contribution in [-0.4, -0.2) is 41.2 Å². The van der Waals surface area contributed by atoms with Gasteiger partial charge < -0.3 is 15.2 Å². The van der Waals surface area contributed by atoms with Crippen LogP contribution >= 0.6 is 0 Å². The summed E-state index contributed by atoms with van der Waals surface area (Å²) in [4.78, 5) is 26.3. The molecule has 1 aliphatic heterocycles. The lowest BCUT2D eigenvalue weighted by atomic mass is 9.92. The summed E-state index contributed by atoms with van der Waals surface area (Å²) in [5.41, 5.74) is -0.854. The highest BCUT2D eigenvalue weighted by Gasteiger charge is 2.49. The number of nitrogens with zero attached hydrogens (tertiary/aromatic N) is 1. The summed E-state index contributed by atoms with van der Waals surface area (Å²) in [7, 11) is 0. The maximum absolute atomic E-state index is 13.2. The molecule has 2 N–H and O–H groups in total. The molecular formula is C23H21FN2O4. The number of nitrogens with one attached hydrogen (secondary N) is 1. The molecule has 0 bridgehead atoms. The minimum absolute atomic E-state index is 0.0850. The van der Waals surface area contributed by atoms with E-state index >= 15 is 0 Å². The minimum atomic E-state index is -1.32. The number of rotatable bonds is 6. The van der Waals surface area contributed by atoms with Crippen molar-refractivity contribution in [3.8, 4) is 5.75 Å². The quantitative estimate of drug-likeness (QED) is 0.614. The number of urea groups is 1. The molecular weight excluding hydrogens is 387 g/mol. The van der Waals surface area contributed by atoms with Gasteiger partial charge in [-0.3, -0.25) is 9.69 Å². The van der Waals surface area contributed by atoms with Gasteiger partial charge in [0.1, 0.15) is 29.8 Å². The molecule has 3 aromatic carbocycles. The average Bonchev–Trinajstić information content (AvgIpc) is 2.96. The number of hydrogen-bond acceptors (Lipinski definition) is 4. The van der Waals surface area contributed by atoms with E-state index in [1.165, 1.54) is 24.3 Å². The normalized spacial score (nSPS) is 19.8. The van der Waals surface area contributed by atoms with E-state index in [4.69, 9.17) is 4.74 Å². The highest BCUT2D eigenvalue weighted by molar-refractivity contribution is 6.07. The Hall–Kier alpha value is -3.45. The highest BCUT2D eigenvalue weighted by atomic mass is 19.1. The Bertz CT molecular complexity index is 1100. The van der Waals surface area contributed by atoms with Gasteiger partial charge in [-0.2, -0.15) is 0 Å². The Labute approximate surface area is 172 Å². The molecule has 0 spiro atoms. The number of halogens is 1. The smallest absolute Gasteiger partial charge is 0.325 e. The van der Waals surface area contributed by atoms with Gasteiger partial charge in [0.25, 0.3) is 5.91 Å². The third kappa shape index (κ3) is 3.59. The van der Waals surface area contributed by atoms with E-state index in [0.29, 0.717) is 11.3 Å².